The van der Waals surface area contributed by atoms with Gasteiger partial charge in [0.05, 0.1) is 11.3 Å². The number of pyridine rings is 1. The molecule has 3 nitrogen and oxygen atoms in total. The average Bonchev–Trinajstić information content (AvgIpc) is 2.84. The van der Waals surface area contributed by atoms with Gasteiger partial charge in [-0.3, -0.25) is 9.88 Å². The number of fused-ring (bicyclic) bond motifs is 2. The maximum Gasteiger partial charge on any atom is 0.101 e. The van der Waals surface area contributed by atoms with Crippen LogP contribution in [0.1, 0.15) is 36.1 Å². The van der Waals surface area contributed by atoms with E-state index in [1.165, 1.54) is 24.0 Å². The highest BCUT2D eigenvalue weighted by Crippen LogP contribution is 2.38. The zero-order valence-electron chi connectivity index (χ0n) is 13.0. The van der Waals surface area contributed by atoms with Gasteiger partial charge in [0.15, 0.2) is 0 Å². The van der Waals surface area contributed by atoms with E-state index in [0.29, 0.717) is 17.6 Å². The summed E-state index contributed by atoms with van der Waals surface area (Å²) >= 11 is 0. The minimum atomic E-state index is 0.515. The van der Waals surface area contributed by atoms with E-state index in [1.54, 1.807) is 6.20 Å². The number of hydrogen-bond acceptors (Lipinski definition) is 3. The summed E-state index contributed by atoms with van der Waals surface area (Å²) in [5, 5.41) is 8.90. The molecular weight excluding hydrogens is 282 g/mol. The highest BCUT2D eigenvalue weighted by atomic mass is 15.2. The SMILES string of the molecule is N#Cc1ccc(C2=CC3CCC(C2)N3Cc2ccccc2)nc1. The van der Waals surface area contributed by atoms with E-state index in [1.807, 2.05) is 12.1 Å². The fraction of sp³-hybridized carbons (Fsp3) is 0.300. The van der Waals surface area contributed by atoms with Crippen LogP contribution in [0.3, 0.4) is 0 Å². The van der Waals surface area contributed by atoms with Crippen LogP contribution in [0.15, 0.2) is 54.7 Å². The lowest BCUT2D eigenvalue weighted by molar-refractivity contribution is 0.203. The topological polar surface area (TPSA) is 39.9 Å². The Morgan fingerprint density at radius 2 is 2.00 bits per heavy atom. The van der Waals surface area contributed by atoms with Crippen molar-refractivity contribution in [2.75, 3.05) is 0 Å². The number of hydrogen-bond donors (Lipinski definition) is 0. The summed E-state index contributed by atoms with van der Waals surface area (Å²) in [5.41, 5.74) is 4.38. The smallest absolute Gasteiger partial charge is 0.101 e. The van der Waals surface area contributed by atoms with Gasteiger partial charge in [0.25, 0.3) is 0 Å². The van der Waals surface area contributed by atoms with Gasteiger partial charge in [-0.1, -0.05) is 36.4 Å². The monoisotopic (exact) mass is 301 g/mol. The molecule has 2 aliphatic rings. The molecule has 1 saturated heterocycles. The van der Waals surface area contributed by atoms with Crippen LogP contribution in [0.5, 0.6) is 0 Å². The van der Waals surface area contributed by atoms with Crippen LogP contribution in [0.25, 0.3) is 5.57 Å². The lowest BCUT2D eigenvalue weighted by Gasteiger charge is -2.34. The Kier molecular flexibility index (Phi) is 3.69. The Morgan fingerprint density at radius 1 is 1.13 bits per heavy atom. The number of rotatable bonds is 3. The molecule has 4 rings (SSSR count). The van der Waals surface area contributed by atoms with Gasteiger partial charge in [0, 0.05) is 24.8 Å². The summed E-state index contributed by atoms with van der Waals surface area (Å²) < 4.78 is 0. The molecule has 0 saturated carbocycles. The molecule has 0 radical (unpaired) electrons. The highest BCUT2D eigenvalue weighted by molar-refractivity contribution is 5.65. The van der Waals surface area contributed by atoms with Crippen molar-refractivity contribution in [2.24, 2.45) is 0 Å². The second kappa shape index (κ2) is 5.98. The van der Waals surface area contributed by atoms with Crippen LogP contribution in [-0.4, -0.2) is 22.0 Å². The van der Waals surface area contributed by atoms with Crippen LogP contribution in [0.4, 0.5) is 0 Å². The van der Waals surface area contributed by atoms with Gasteiger partial charge in [0.2, 0.25) is 0 Å². The summed E-state index contributed by atoms with van der Waals surface area (Å²) in [7, 11) is 0. The molecule has 2 bridgehead atoms. The third-order valence-corrected chi connectivity index (χ3v) is 4.97. The molecule has 0 amide bonds. The number of aromatic nitrogens is 1. The predicted octanol–water partition coefficient (Wildman–Crippen LogP) is 3.77. The quantitative estimate of drug-likeness (QED) is 0.866. The molecule has 114 valence electrons. The van der Waals surface area contributed by atoms with E-state index in [4.69, 9.17) is 5.26 Å². The van der Waals surface area contributed by atoms with Crippen molar-refractivity contribution in [1.82, 2.24) is 9.88 Å². The third-order valence-electron chi connectivity index (χ3n) is 4.97. The molecule has 23 heavy (non-hydrogen) atoms. The van der Waals surface area contributed by atoms with Gasteiger partial charge < -0.3 is 0 Å². The molecule has 3 heteroatoms. The first-order chi connectivity index (χ1) is 11.3. The zero-order valence-corrected chi connectivity index (χ0v) is 13.0. The zero-order chi connectivity index (χ0) is 15.6. The Hall–Kier alpha value is -2.44. The Morgan fingerprint density at radius 3 is 2.70 bits per heavy atom. The van der Waals surface area contributed by atoms with E-state index in [0.717, 1.165) is 18.7 Å². The molecule has 1 aromatic carbocycles. The highest BCUT2D eigenvalue weighted by Gasteiger charge is 2.36. The van der Waals surface area contributed by atoms with Gasteiger partial charge in [0.1, 0.15) is 6.07 Å². The molecule has 0 aliphatic carbocycles. The molecule has 0 N–H and O–H groups in total. The summed E-state index contributed by atoms with van der Waals surface area (Å²) in [6.45, 7) is 1.03. The second-order valence-electron chi connectivity index (χ2n) is 6.40. The minimum absolute atomic E-state index is 0.515. The normalized spacial score (nSPS) is 23.3. The molecule has 2 aliphatic heterocycles. The lowest BCUT2D eigenvalue weighted by Crippen LogP contribution is -2.37. The van der Waals surface area contributed by atoms with Gasteiger partial charge in [-0.15, -0.1) is 0 Å². The maximum atomic E-state index is 8.90. The van der Waals surface area contributed by atoms with Crippen molar-refractivity contribution >= 4 is 5.57 Å². The Balaban J connectivity index is 1.55. The first kappa shape index (κ1) is 14.2. The average molecular weight is 301 g/mol. The second-order valence-corrected chi connectivity index (χ2v) is 6.40. The first-order valence-electron chi connectivity index (χ1n) is 8.20. The van der Waals surface area contributed by atoms with Crippen LogP contribution in [0, 0.1) is 11.3 Å². The largest absolute Gasteiger partial charge is 0.289 e. The van der Waals surface area contributed by atoms with E-state index < -0.39 is 0 Å². The first-order valence-corrected chi connectivity index (χ1v) is 8.20. The fourth-order valence-corrected chi connectivity index (χ4v) is 3.80. The van der Waals surface area contributed by atoms with Gasteiger partial charge in [-0.25, -0.2) is 0 Å². The van der Waals surface area contributed by atoms with Crippen LogP contribution in [0.2, 0.25) is 0 Å². The van der Waals surface area contributed by atoms with Gasteiger partial charge in [-0.2, -0.15) is 5.26 Å². The van der Waals surface area contributed by atoms with Crippen molar-refractivity contribution in [3.05, 3.63) is 71.6 Å². The Bertz CT molecular complexity index is 756. The maximum absolute atomic E-state index is 8.90. The van der Waals surface area contributed by atoms with Crippen molar-refractivity contribution in [3.63, 3.8) is 0 Å². The number of benzene rings is 1. The van der Waals surface area contributed by atoms with Crippen molar-refractivity contribution < 1.29 is 0 Å². The predicted molar refractivity (Wildman–Crippen MR) is 90.3 cm³/mol. The molecule has 3 heterocycles. The van der Waals surface area contributed by atoms with Crippen molar-refractivity contribution in [1.29, 1.82) is 5.26 Å². The molecule has 2 unspecified atom stereocenters. The lowest BCUT2D eigenvalue weighted by atomic mass is 9.97. The minimum Gasteiger partial charge on any atom is -0.289 e. The van der Waals surface area contributed by atoms with Gasteiger partial charge in [-0.05, 0) is 42.5 Å². The summed E-state index contributed by atoms with van der Waals surface area (Å²) in [6.07, 6.45) is 7.61. The van der Waals surface area contributed by atoms with Gasteiger partial charge >= 0.3 is 0 Å². The molecule has 1 aromatic heterocycles. The fourth-order valence-electron chi connectivity index (χ4n) is 3.80. The van der Waals surface area contributed by atoms with E-state index in [-0.39, 0.29) is 0 Å². The summed E-state index contributed by atoms with van der Waals surface area (Å²) in [4.78, 5) is 7.10. The van der Waals surface area contributed by atoms with Crippen LogP contribution >= 0.6 is 0 Å². The molecule has 2 aromatic rings. The molecule has 0 spiro atoms. The van der Waals surface area contributed by atoms with E-state index in [2.05, 4.69) is 52.4 Å². The summed E-state index contributed by atoms with van der Waals surface area (Å²) in [6, 6.07) is 17.8. The van der Waals surface area contributed by atoms with E-state index in [9.17, 15) is 0 Å². The van der Waals surface area contributed by atoms with E-state index >= 15 is 0 Å². The molecule has 2 atom stereocenters. The van der Waals surface area contributed by atoms with Crippen molar-refractivity contribution in [2.45, 2.75) is 37.9 Å². The standard InChI is InChI=1S/C20H19N3/c21-12-16-6-9-20(22-13-16)17-10-18-7-8-19(11-17)23(18)14-15-4-2-1-3-5-15/h1-6,9-10,13,18-19H,7-8,11,14H2. The molecular formula is C20H19N3. The van der Waals surface area contributed by atoms with Crippen molar-refractivity contribution in [3.8, 4) is 6.07 Å². The number of nitrogens with zero attached hydrogens (tertiary/aromatic N) is 3. The van der Waals surface area contributed by atoms with Crippen LogP contribution in [-0.2, 0) is 6.54 Å². The third kappa shape index (κ3) is 2.78. The number of nitriles is 1. The molecule has 1 fully saturated rings. The summed E-state index contributed by atoms with van der Waals surface area (Å²) in [5.74, 6) is 0. The Labute approximate surface area is 136 Å². The van der Waals surface area contributed by atoms with Crippen LogP contribution < -0.4 is 0 Å².